The molecular weight excluding hydrogens is 112 g/mol. The topological polar surface area (TPSA) is 18.5 Å². The molecule has 0 bridgehead atoms. The lowest BCUT2D eigenvalue weighted by Crippen LogP contribution is -2.13. The van der Waals surface area contributed by atoms with Gasteiger partial charge in [-0.3, -0.25) is 8.37 Å². The van der Waals surface area contributed by atoms with E-state index in [1.807, 2.05) is 13.8 Å². The molecule has 0 saturated carbocycles. The Kier molecular flexibility index (Phi) is 1.57. The molecule has 0 amide bonds. The van der Waals surface area contributed by atoms with Gasteiger partial charge >= 0.3 is 0 Å². The molecule has 0 aromatic heterocycles. The van der Waals surface area contributed by atoms with Gasteiger partial charge in [0.25, 0.3) is 0 Å². The van der Waals surface area contributed by atoms with Gasteiger partial charge in [0, 0.05) is 0 Å². The number of hydrogen-bond donors (Lipinski definition) is 0. The smallest absolute Gasteiger partial charge is 0.159 e. The van der Waals surface area contributed by atoms with Gasteiger partial charge in [-0.25, -0.2) is 0 Å². The third-order valence-corrected chi connectivity index (χ3v) is 1.81. The normalized spacial score (nSPS) is 42.0. The summed E-state index contributed by atoms with van der Waals surface area (Å²) in [6.45, 7) is 3.98. The van der Waals surface area contributed by atoms with Gasteiger partial charge in [-0.15, -0.1) is 0 Å². The van der Waals surface area contributed by atoms with E-state index >= 15 is 0 Å². The van der Waals surface area contributed by atoms with Crippen LogP contribution in [0.3, 0.4) is 0 Å². The lowest BCUT2D eigenvalue weighted by atomic mass is 10.3. The van der Waals surface area contributed by atoms with E-state index in [4.69, 9.17) is 8.37 Å². The van der Waals surface area contributed by atoms with Gasteiger partial charge in [0.05, 0.1) is 12.2 Å². The zero-order valence-corrected chi connectivity index (χ0v) is 5.20. The molecular formula is C4H8O2S. The minimum atomic E-state index is 0.255. The molecule has 0 N–H and O–H groups in total. The van der Waals surface area contributed by atoms with Crippen LogP contribution in [0.4, 0.5) is 0 Å². The molecule has 1 aliphatic rings. The van der Waals surface area contributed by atoms with E-state index in [9.17, 15) is 0 Å². The van der Waals surface area contributed by atoms with E-state index in [0.717, 1.165) is 12.3 Å². The SMILES string of the molecule is CC1OSOC1C. The predicted octanol–water partition coefficient (Wildman–Crippen LogP) is 1.37. The van der Waals surface area contributed by atoms with Crippen LogP contribution >= 0.6 is 12.3 Å². The first-order valence-electron chi connectivity index (χ1n) is 2.29. The maximum atomic E-state index is 4.96. The Bertz CT molecular complexity index is 58.7. The Hall–Kier alpha value is 0.270. The van der Waals surface area contributed by atoms with Crippen molar-refractivity contribution in [3.05, 3.63) is 0 Å². The van der Waals surface area contributed by atoms with Crippen LogP contribution in [-0.4, -0.2) is 12.2 Å². The largest absolute Gasteiger partial charge is 0.286 e. The highest BCUT2D eigenvalue weighted by Crippen LogP contribution is 2.24. The average Bonchev–Trinajstić information content (AvgIpc) is 1.91. The summed E-state index contributed by atoms with van der Waals surface area (Å²) in [7, 11) is 0. The van der Waals surface area contributed by atoms with Crippen molar-refractivity contribution in [1.82, 2.24) is 0 Å². The zero-order chi connectivity index (χ0) is 5.28. The minimum Gasteiger partial charge on any atom is -0.286 e. The van der Waals surface area contributed by atoms with Gasteiger partial charge in [-0.05, 0) is 13.8 Å². The molecule has 2 atom stereocenters. The Morgan fingerprint density at radius 3 is 1.71 bits per heavy atom. The van der Waals surface area contributed by atoms with E-state index in [0.29, 0.717) is 0 Å². The van der Waals surface area contributed by atoms with E-state index in [2.05, 4.69) is 0 Å². The molecule has 1 aliphatic heterocycles. The van der Waals surface area contributed by atoms with Crippen molar-refractivity contribution in [3.8, 4) is 0 Å². The molecule has 42 valence electrons. The fourth-order valence-electron chi connectivity index (χ4n) is 0.303. The lowest BCUT2D eigenvalue weighted by molar-refractivity contribution is 0.187. The second-order valence-electron chi connectivity index (χ2n) is 1.67. The maximum absolute atomic E-state index is 4.96. The highest BCUT2D eigenvalue weighted by atomic mass is 32.2. The molecule has 1 heterocycles. The summed E-state index contributed by atoms with van der Waals surface area (Å²) in [5.41, 5.74) is 0. The minimum absolute atomic E-state index is 0.255. The van der Waals surface area contributed by atoms with Crippen LogP contribution in [0.15, 0.2) is 0 Å². The van der Waals surface area contributed by atoms with Crippen molar-refractivity contribution in [1.29, 1.82) is 0 Å². The third kappa shape index (κ3) is 1.08. The molecule has 7 heavy (non-hydrogen) atoms. The molecule has 3 heteroatoms. The predicted molar refractivity (Wildman–Crippen MR) is 28.7 cm³/mol. The first kappa shape index (κ1) is 5.41. The van der Waals surface area contributed by atoms with Crippen LogP contribution in [-0.2, 0) is 8.37 Å². The Labute approximate surface area is 47.6 Å². The molecule has 1 rings (SSSR count). The van der Waals surface area contributed by atoms with Crippen molar-refractivity contribution in [2.24, 2.45) is 0 Å². The van der Waals surface area contributed by atoms with Crippen molar-refractivity contribution in [2.45, 2.75) is 26.1 Å². The van der Waals surface area contributed by atoms with Crippen LogP contribution in [0.1, 0.15) is 13.8 Å². The van der Waals surface area contributed by atoms with Gasteiger partial charge in [-0.2, -0.15) is 0 Å². The van der Waals surface area contributed by atoms with Crippen molar-refractivity contribution >= 4 is 12.3 Å². The van der Waals surface area contributed by atoms with Gasteiger partial charge in [0.2, 0.25) is 0 Å². The fourth-order valence-corrected chi connectivity index (χ4v) is 0.909. The highest BCUT2D eigenvalue weighted by molar-refractivity contribution is 7.90. The van der Waals surface area contributed by atoms with Gasteiger partial charge in [0.1, 0.15) is 0 Å². The maximum Gasteiger partial charge on any atom is 0.159 e. The summed E-state index contributed by atoms with van der Waals surface area (Å²) in [4.78, 5) is 0. The molecule has 0 radical (unpaired) electrons. The summed E-state index contributed by atoms with van der Waals surface area (Å²) in [6, 6.07) is 0. The standard InChI is InChI=1S/C4H8O2S/c1-3-4(2)6-7-5-3/h3-4H,1-2H3. The Balaban J connectivity index is 2.33. The van der Waals surface area contributed by atoms with Crippen LogP contribution in [0.25, 0.3) is 0 Å². The second-order valence-corrected chi connectivity index (χ2v) is 2.19. The first-order chi connectivity index (χ1) is 3.30. The summed E-state index contributed by atoms with van der Waals surface area (Å²) in [5, 5.41) is 0. The molecule has 0 aliphatic carbocycles. The molecule has 0 aromatic carbocycles. The monoisotopic (exact) mass is 120 g/mol. The summed E-state index contributed by atoms with van der Waals surface area (Å²) in [6.07, 6.45) is 0.509. The van der Waals surface area contributed by atoms with E-state index in [1.54, 1.807) is 0 Å². The number of hydrogen-bond acceptors (Lipinski definition) is 3. The molecule has 0 aromatic rings. The third-order valence-electron chi connectivity index (χ3n) is 1.04. The molecule has 2 unspecified atom stereocenters. The van der Waals surface area contributed by atoms with Crippen LogP contribution < -0.4 is 0 Å². The van der Waals surface area contributed by atoms with Gasteiger partial charge < -0.3 is 0 Å². The van der Waals surface area contributed by atoms with Gasteiger partial charge in [-0.1, -0.05) is 0 Å². The highest BCUT2D eigenvalue weighted by Gasteiger charge is 2.21. The fraction of sp³-hybridized carbons (Fsp3) is 1.00. The molecule has 1 fully saturated rings. The van der Waals surface area contributed by atoms with E-state index in [1.165, 1.54) is 0 Å². The molecule has 1 saturated heterocycles. The Morgan fingerprint density at radius 1 is 1.14 bits per heavy atom. The number of rotatable bonds is 0. The molecule has 0 spiro atoms. The van der Waals surface area contributed by atoms with Gasteiger partial charge in [0.15, 0.2) is 12.3 Å². The average molecular weight is 120 g/mol. The van der Waals surface area contributed by atoms with E-state index < -0.39 is 0 Å². The van der Waals surface area contributed by atoms with Crippen molar-refractivity contribution in [2.75, 3.05) is 0 Å². The van der Waals surface area contributed by atoms with Crippen molar-refractivity contribution in [3.63, 3.8) is 0 Å². The quantitative estimate of drug-likeness (QED) is 0.450. The van der Waals surface area contributed by atoms with Crippen molar-refractivity contribution < 1.29 is 8.37 Å². The summed E-state index contributed by atoms with van der Waals surface area (Å²) in [5.74, 6) is 0. The Morgan fingerprint density at radius 2 is 1.57 bits per heavy atom. The molecule has 2 nitrogen and oxygen atoms in total. The van der Waals surface area contributed by atoms with Crippen LogP contribution in [0, 0.1) is 0 Å². The summed E-state index contributed by atoms with van der Waals surface area (Å²) < 4.78 is 9.92. The first-order valence-corrected chi connectivity index (χ1v) is 2.96. The second kappa shape index (κ2) is 2.03. The summed E-state index contributed by atoms with van der Waals surface area (Å²) >= 11 is 1.09. The van der Waals surface area contributed by atoms with Crippen LogP contribution in [0.5, 0.6) is 0 Å². The lowest BCUT2D eigenvalue weighted by Gasteiger charge is -1.99. The van der Waals surface area contributed by atoms with E-state index in [-0.39, 0.29) is 12.2 Å². The van der Waals surface area contributed by atoms with Crippen LogP contribution in [0.2, 0.25) is 0 Å². The zero-order valence-electron chi connectivity index (χ0n) is 4.38.